The maximum absolute atomic E-state index is 11.2. The zero-order valence-electron chi connectivity index (χ0n) is 12.1. The van der Waals surface area contributed by atoms with Crippen molar-refractivity contribution in [1.29, 1.82) is 0 Å². The molecule has 0 aliphatic carbocycles. The van der Waals surface area contributed by atoms with Gasteiger partial charge in [-0.25, -0.2) is 4.79 Å². The predicted molar refractivity (Wildman–Crippen MR) is 78.6 cm³/mol. The SMILES string of the molecule is CCC(CC)(CO)CNc1cc([N+](=O)[O-])ccc1C(=O)O. The number of hydrogen-bond acceptors (Lipinski definition) is 5. The van der Waals surface area contributed by atoms with E-state index in [2.05, 4.69) is 5.32 Å². The number of aliphatic hydroxyl groups is 1. The molecule has 0 spiro atoms. The minimum atomic E-state index is -1.16. The molecule has 1 aromatic carbocycles. The van der Waals surface area contributed by atoms with Crippen molar-refractivity contribution in [2.45, 2.75) is 26.7 Å². The summed E-state index contributed by atoms with van der Waals surface area (Å²) in [7, 11) is 0. The smallest absolute Gasteiger partial charge is 0.337 e. The van der Waals surface area contributed by atoms with Crippen molar-refractivity contribution in [2.24, 2.45) is 5.41 Å². The average Bonchev–Trinajstić information content (AvgIpc) is 2.48. The third kappa shape index (κ3) is 3.91. The van der Waals surface area contributed by atoms with Crippen LogP contribution in [0.25, 0.3) is 0 Å². The average molecular weight is 296 g/mol. The number of nitrogens with one attached hydrogen (secondary N) is 1. The Morgan fingerprint density at radius 1 is 1.38 bits per heavy atom. The molecule has 0 amide bonds. The number of nitro groups is 1. The fourth-order valence-corrected chi connectivity index (χ4v) is 2.04. The molecule has 0 saturated carbocycles. The third-order valence-corrected chi connectivity index (χ3v) is 3.93. The molecule has 0 unspecified atom stereocenters. The number of non-ortho nitro benzene ring substituents is 1. The molecular weight excluding hydrogens is 276 g/mol. The summed E-state index contributed by atoms with van der Waals surface area (Å²) in [4.78, 5) is 21.4. The van der Waals surface area contributed by atoms with Crippen molar-refractivity contribution in [3.63, 3.8) is 0 Å². The molecule has 116 valence electrons. The van der Waals surface area contributed by atoms with Gasteiger partial charge in [0.15, 0.2) is 0 Å². The lowest BCUT2D eigenvalue weighted by Crippen LogP contribution is -2.32. The van der Waals surface area contributed by atoms with Gasteiger partial charge < -0.3 is 15.5 Å². The predicted octanol–water partition coefficient (Wildman–Crippen LogP) is 2.50. The van der Waals surface area contributed by atoms with E-state index >= 15 is 0 Å². The highest BCUT2D eigenvalue weighted by Crippen LogP contribution is 2.28. The largest absolute Gasteiger partial charge is 0.478 e. The van der Waals surface area contributed by atoms with Crippen LogP contribution in [0.15, 0.2) is 18.2 Å². The fourth-order valence-electron chi connectivity index (χ4n) is 2.04. The molecule has 0 aliphatic rings. The monoisotopic (exact) mass is 296 g/mol. The Labute approximate surface area is 122 Å². The molecule has 0 heterocycles. The highest BCUT2D eigenvalue weighted by Gasteiger charge is 2.26. The van der Waals surface area contributed by atoms with Gasteiger partial charge in [0.05, 0.1) is 22.8 Å². The van der Waals surface area contributed by atoms with E-state index in [1.807, 2.05) is 13.8 Å². The standard InChI is InChI=1S/C14H20N2O5/c1-3-14(4-2,9-17)8-15-12-7-10(16(20)21)5-6-11(12)13(18)19/h5-7,15,17H,3-4,8-9H2,1-2H3,(H,18,19). The minimum absolute atomic E-state index is 0.0281. The number of hydrogen-bond donors (Lipinski definition) is 3. The minimum Gasteiger partial charge on any atom is -0.478 e. The quantitative estimate of drug-likeness (QED) is 0.502. The van der Waals surface area contributed by atoms with Crippen LogP contribution in [0.4, 0.5) is 11.4 Å². The van der Waals surface area contributed by atoms with E-state index < -0.39 is 10.9 Å². The van der Waals surface area contributed by atoms with Gasteiger partial charge in [-0.3, -0.25) is 10.1 Å². The number of rotatable bonds is 8. The Morgan fingerprint density at radius 3 is 2.43 bits per heavy atom. The van der Waals surface area contributed by atoms with Crippen molar-refractivity contribution in [3.05, 3.63) is 33.9 Å². The second-order valence-electron chi connectivity index (χ2n) is 5.01. The second kappa shape index (κ2) is 7.03. The Bertz CT molecular complexity index is 518. The molecule has 0 saturated heterocycles. The third-order valence-electron chi connectivity index (χ3n) is 3.93. The maximum Gasteiger partial charge on any atom is 0.337 e. The van der Waals surface area contributed by atoms with E-state index in [-0.39, 0.29) is 29.0 Å². The molecule has 0 bridgehead atoms. The molecule has 7 nitrogen and oxygen atoms in total. The number of aromatic carboxylic acids is 1. The van der Waals surface area contributed by atoms with Crippen LogP contribution >= 0.6 is 0 Å². The Balaban J connectivity index is 3.07. The first-order chi connectivity index (χ1) is 9.89. The van der Waals surface area contributed by atoms with Crippen molar-refractivity contribution >= 4 is 17.3 Å². The zero-order chi connectivity index (χ0) is 16.0. The summed E-state index contributed by atoms with van der Waals surface area (Å²) in [5, 5.41) is 32.4. The second-order valence-corrected chi connectivity index (χ2v) is 5.01. The first kappa shape index (κ1) is 16.9. The van der Waals surface area contributed by atoms with E-state index in [0.717, 1.165) is 6.07 Å². The van der Waals surface area contributed by atoms with Gasteiger partial charge in [0.1, 0.15) is 0 Å². The molecular formula is C14H20N2O5. The lowest BCUT2D eigenvalue weighted by atomic mass is 9.83. The van der Waals surface area contributed by atoms with Gasteiger partial charge in [-0.2, -0.15) is 0 Å². The van der Waals surface area contributed by atoms with Gasteiger partial charge in [0.2, 0.25) is 0 Å². The van der Waals surface area contributed by atoms with Crippen molar-refractivity contribution < 1.29 is 19.9 Å². The number of benzene rings is 1. The van der Waals surface area contributed by atoms with E-state index in [1.54, 1.807) is 0 Å². The number of carboxylic acid groups (broad SMARTS) is 1. The Hall–Kier alpha value is -2.15. The number of carboxylic acids is 1. The van der Waals surface area contributed by atoms with Gasteiger partial charge in [-0.1, -0.05) is 13.8 Å². The van der Waals surface area contributed by atoms with Crippen molar-refractivity contribution in [2.75, 3.05) is 18.5 Å². The van der Waals surface area contributed by atoms with Crippen LogP contribution in [0.5, 0.6) is 0 Å². The van der Waals surface area contributed by atoms with Gasteiger partial charge in [0.25, 0.3) is 5.69 Å². The van der Waals surface area contributed by atoms with Crippen LogP contribution in [0.3, 0.4) is 0 Å². The molecule has 1 aromatic rings. The summed E-state index contributed by atoms with van der Waals surface area (Å²) in [6, 6.07) is 3.58. The van der Waals surface area contributed by atoms with Crippen LogP contribution in [-0.4, -0.2) is 34.3 Å². The number of nitro benzene ring substituents is 1. The Kier molecular flexibility index (Phi) is 5.66. The number of anilines is 1. The van der Waals surface area contributed by atoms with E-state index in [1.165, 1.54) is 12.1 Å². The molecule has 0 aromatic heterocycles. The van der Waals surface area contributed by atoms with Crippen LogP contribution in [0.1, 0.15) is 37.0 Å². The number of carbonyl (C=O) groups is 1. The summed E-state index contributed by atoms with van der Waals surface area (Å²) in [5.41, 5.74) is -0.387. The van der Waals surface area contributed by atoms with Gasteiger partial charge >= 0.3 is 5.97 Å². The van der Waals surface area contributed by atoms with Crippen LogP contribution in [0, 0.1) is 15.5 Å². The highest BCUT2D eigenvalue weighted by atomic mass is 16.6. The van der Waals surface area contributed by atoms with E-state index in [0.29, 0.717) is 19.4 Å². The molecule has 0 radical (unpaired) electrons. The lowest BCUT2D eigenvalue weighted by molar-refractivity contribution is -0.384. The lowest BCUT2D eigenvalue weighted by Gasteiger charge is -2.30. The van der Waals surface area contributed by atoms with E-state index in [4.69, 9.17) is 5.11 Å². The summed E-state index contributed by atoms with van der Waals surface area (Å²) >= 11 is 0. The summed E-state index contributed by atoms with van der Waals surface area (Å²) in [5.74, 6) is -1.16. The highest BCUT2D eigenvalue weighted by molar-refractivity contribution is 5.94. The number of aliphatic hydroxyl groups excluding tert-OH is 1. The van der Waals surface area contributed by atoms with Crippen molar-refractivity contribution in [3.8, 4) is 0 Å². The molecule has 1 rings (SSSR count). The van der Waals surface area contributed by atoms with Crippen LogP contribution in [0.2, 0.25) is 0 Å². The number of nitrogens with zero attached hydrogens (tertiary/aromatic N) is 1. The zero-order valence-corrected chi connectivity index (χ0v) is 12.1. The van der Waals surface area contributed by atoms with E-state index in [9.17, 15) is 20.0 Å². The van der Waals surface area contributed by atoms with Gasteiger partial charge in [0, 0.05) is 24.1 Å². The topological polar surface area (TPSA) is 113 Å². The first-order valence-electron chi connectivity index (χ1n) is 6.75. The normalized spacial score (nSPS) is 11.2. The molecule has 0 aliphatic heterocycles. The van der Waals surface area contributed by atoms with Gasteiger partial charge in [-0.15, -0.1) is 0 Å². The maximum atomic E-state index is 11.2. The summed E-state index contributed by atoms with van der Waals surface area (Å²) < 4.78 is 0. The fraction of sp³-hybridized carbons (Fsp3) is 0.500. The van der Waals surface area contributed by atoms with Crippen LogP contribution in [-0.2, 0) is 0 Å². The molecule has 21 heavy (non-hydrogen) atoms. The molecule has 3 N–H and O–H groups in total. The Morgan fingerprint density at radius 2 is 2.00 bits per heavy atom. The molecule has 7 heteroatoms. The van der Waals surface area contributed by atoms with Crippen LogP contribution < -0.4 is 5.32 Å². The summed E-state index contributed by atoms with van der Waals surface area (Å²) in [6.07, 6.45) is 1.43. The molecule has 0 fully saturated rings. The first-order valence-corrected chi connectivity index (χ1v) is 6.75. The van der Waals surface area contributed by atoms with Gasteiger partial charge in [-0.05, 0) is 18.9 Å². The summed E-state index contributed by atoms with van der Waals surface area (Å²) in [6.45, 7) is 4.18. The molecule has 0 atom stereocenters. The van der Waals surface area contributed by atoms with Crippen molar-refractivity contribution in [1.82, 2.24) is 0 Å².